The Balaban J connectivity index is 2.67. The van der Waals surface area contributed by atoms with Crippen molar-refractivity contribution in [1.82, 2.24) is 10.6 Å². The van der Waals surface area contributed by atoms with Crippen molar-refractivity contribution in [2.24, 2.45) is 0 Å². The zero-order valence-corrected chi connectivity index (χ0v) is 6.72. The van der Waals surface area contributed by atoms with E-state index < -0.39 is 0 Å². The molecule has 0 aromatic heterocycles. The van der Waals surface area contributed by atoms with Gasteiger partial charge < -0.3 is 10.6 Å². The molecule has 1 atom stereocenters. The maximum Gasteiger partial charge on any atom is 0.171 e. The van der Waals surface area contributed by atoms with Crippen LogP contribution in [-0.2, 0) is 0 Å². The molecular formula is C5H8N2S2. The maximum atomic E-state index is 4.85. The van der Waals surface area contributed by atoms with Crippen molar-refractivity contribution in [2.45, 2.75) is 12.3 Å². The lowest BCUT2D eigenvalue weighted by Gasteiger charge is -2.19. The first kappa shape index (κ1) is 6.89. The molecule has 0 unspecified atom stereocenters. The lowest BCUT2D eigenvalue weighted by Crippen LogP contribution is -2.42. The molecule has 4 heteroatoms. The van der Waals surface area contributed by atoms with E-state index in [1.165, 1.54) is 0 Å². The second-order valence-electron chi connectivity index (χ2n) is 1.89. The number of nitrogens with one attached hydrogen (secondary N) is 2. The minimum absolute atomic E-state index is 0.0683. The Kier molecular flexibility index (Phi) is 1.97. The van der Waals surface area contributed by atoms with E-state index >= 15 is 0 Å². The highest BCUT2D eigenvalue weighted by Crippen LogP contribution is 2.01. The predicted octanol–water partition coefficient (Wildman–Crippen LogP) is 0.624. The van der Waals surface area contributed by atoms with Crippen LogP contribution in [0.1, 0.15) is 6.92 Å². The van der Waals surface area contributed by atoms with Crippen LogP contribution in [0, 0.1) is 0 Å². The van der Waals surface area contributed by atoms with Crippen LogP contribution in [0.3, 0.4) is 0 Å². The zero-order valence-electron chi connectivity index (χ0n) is 5.01. The molecule has 2 nitrogen and oxygen atoms in total. The smallest absolute Gasteiger partial charge is 0.171 e. The number of hydrogen-bond donors (Lipinski definition) is 3. The summed E-state index contributed by atoms with van der Waals surface area (Å²) in [4.78, 5) is 0. The van der Waals surface area contributed by atoms with E-state index in [0.29, 0.717) is 5.11 Å². The molecule has 1 heterocycles. The average Bonchev–Trinajstić information content (AvgIpc) is 1.59. The minimum atomic E-state index is 0.0683. The molecule has 0 spiro atoms. The molecular weight excluding hydrogens is 152 g/mol. The van der Waals surface area contributed by atoms with E-state index in [9.17, 15) is 0 Å². The van der Waals surface area contributed by atoms with Crippen LogP contribution in [0.5, 0.6) is 0 Å². The van der Waals surface area contributed by atoms with Crippen LogP contribution in [-0.4, -0.2) is 10.5 Å². The molecule has 0 amide bonds. The van der Waals surface area contributed by atoms with Gasteiger partial charge >= 0.3 is 0 Å². The second-order valence-corrected chi connectivity index (χ2v) is 2.86. The summed E-state index contributed by atoms with van der Waals surface area (Å²) in [5.41, 5.74) is 1.05. The van der Waals surface area contributed by atoms with Crippen LogP contribution < -0.4 is 10.6 Å². The third-order valence-corrected chi connectivity index (χ3v) is 1.50. The van der Waals surface area contributed by atoms with Crippen LogP contribution in [0.25, 0.3) is 0 Å². The van der Waals surface area contributed by atoms with Crippen molar-refractivity contribution in [2.75, 3.05) is 0 Å². The van der Waals surface area contributed by atoms with Crippen LogP contribution in [0.4, 0.5) is 0 Å². The summed E-state index contributed by atoms with van der Waals surface area (Å²) >= 11 is 9.01. The maximum absolute atomic E-state index is 4.85. The molecule has 0 saturated carbocycles. The van der Waals surface area contributed by atoms with Gasteiger partial charge in [-0.05, 0) is 25.2 Å². The Labute approximate surface area is 65.1 Å². The normalized spacial score (nSPS) is 26.2. The lowest BCUT2D eigenvalue weighted by molar-refractivity contribution is 0.880. The van der Waals surface area contributed by atoms with Gasteiger partial charge in [0, 0.05) is 5.70 Å². The molecule has 9 heavy (non-hydrogen) atoms. The Bertz CT molecular complexity index is 164. The van der Waals surface area contributed by atoms with Gasteiger partial charge in [0.05, 0.1) is 5.37 Å². The lowest BCUT2D eigenvalue weighted by atomic mass is 10.4. The molecule has 0 aliphatic carbocycles. The van der Waals surface area contributed by atoms with Gasteiger partial charge in [0.2, 0.25) is 0 Å². The first-order chi connectivity index (χ1) is 4.18. The highest BCUT2D eigenvalue weighted by molar-refractivity contribution is 7.82. The van der Waals surface area contributed by atoms with Crippen molar-refractivity contribution in [3.8, 4) is 0 Å². The van der Waals surface area contributed by atoms with Crippen molar-refractivity contribution < 1.29 is 0 Å². The molecule has 1 aliphatic heterocycles. The van der Waals surface area contributed by atoms with Gasteiger partial charge in [-0.25, -0.2) is 0 Å². The van der Waals surface area contributed by atoms with Crippen LogP contribution in [0.15, 0.2) is 11.8 Å². The molecule has 1 aliphatic rings. The van der Waals surface area contributed by atoms with Crippen molar-refractivity contribution in [3.63, 3.8) is 0 Å². The van der Waals surface area contributed by atoms with E-state index in [1.54, 1.807) is 0 Å². The minimum Gasteiger partial charge on any atom is -0.347 e. The van der Waals surface area contributed by atoms with Crippen LogP contribution >= 0.6 is 24.8 Å². The Morgan fingerprint density at radius 1 is 1.78 bits per heavy atom. The van der Waals surface area contributed by atoms with Crippen molar-refractivity contribution >= 4 is 30.0 Å². The molecule has 0 radical (unpaired) electrons. The monoisotopic (exact) mass is 160 g/mol. The molecule has 0 bridgehead atoms. The average molecular weight is 160 g/mol. The summed E-state index contributed by atoms with van der Waals surface area (Å²) in [6.07, 6.45) is 1.96. The van der Waals surface area contributed by atoms with Gasteiger partial charge in [-0.3, -0.25) is 0 Å². The molecule has 50 valence electrons. The quantitative estimate of drug-likeness (QED) is 0.358. The second kappa shape index (κ2) is 2.58. The molecule has 1 rings (SSSR count). The SMILES string of the molecule is CC1=C[C@@H](S)NC(=S)N1. The molecule has 2 N–H and O–H groups in total. The number of hydrogen-bond acceptors (Lipinski definition) is 2. The summed E-state index contributed by atoms with van der Waals surface area (Å²) in [7, 11) is 0. The summed E-state index contributed by atoms with van der Waals surface area (Å²) in [5, 5.41) is 6.58. The van der Waals surface area contributed by atoms with E-state index in [1.807, 2.05) is 13.0 Å². The molecule has 0 fully saturated rings. The summed E-state index contributed by atoms with van der Waals surface area (Å²) < 4.78 is 0. The number of thiocarbonyl (C=S) groups is 1. The number of rotatable bonds is 0. The van der Waals surface area contributed by atoms with Crippen LogP contribution in [0.2, 0.25) is 0 Å². The third kappa shape index (κ3) is 1.87. The van der Waals surface area contributed by atoms with E-state index in [-0.39, 0.29) is 5.37 Å². The molecule has 0 saturated heterocycles. The van der Waals surface area contributed by atoms with Gasteiger partial charge in [0.15, 0.2) is 5.11 Å². The largest absolute Gasteiger partial charge is 0.347 e. The Hall–Kier alpha value is -0.220. The number of thiol groups is 1. The van der Waals surface area contributed by atoms with Gasteiger partial charge in [-0.1, -0.05) is 0 Å². The first-order valence-electron chi connectivity index (χ1n) is 2.62. The Morgan fingerprint density at radius 3 is 2.89 bits per heavy atom. The highest BCUT2D eigenvalue weighted by Gasteiger charge is 2.07. The fourth-order valence-corrected chi connectivity index (χ4v) is 1.40. The summed E-state index contributed by atoms with van der Waals surface area (Å²) in [6, 6.07) is 0. The van der Waals surface area contributed by atoms with Gasteiger partial charge in [0.25, 0.3) is 0 Å². The first-order valence-corrected chi connectivity index (χ1v) is 3.55. The van der Waals surface area contributed by atoms with Gasteiger partial charge in [-0.15, -0.1) is 0 Å². The van der Waals surface area contributed by atoms with E-state index in [4.69, 9.17) is 12.2 Å². The summed E-state index contributed by atoms with van der Waals surface area (Å²) in [5.74, 6) is 0. The van der Waals surface area contributed by atoms with Gasteiger partial charge in [0.1, 0.15) is 0 Å². The topological polar surface area (TPSA) is 24.1 Å². The van der Waals surface area contributed by atoms with E-state index in [0.717, 1.165) is 5.70 Å². The number of allylic oxidation sites excluding steroid dienone is 1. The predicted molar refractivity (Wildman–Crippen MR) is 45.4 cm³/mol. The highest BCUT2D eigenvalue weighted by atomic mass is 32.1. The fourth-order valence-electron chi connectivity index (χ4n) is 0.670. The zero-order chi connectivity index (χ0) is 6.85. The van der Waals surface area contributed by atoms with Crippen molar-refractivity contribution in [1.29, 1.82) is 0 Å². The van der Waals surface area contributed by atoms with Gasteiger partial charge in [-0.2, -0.15) is 12.6 Å². The fraction of sp³-hybridized carbons (Fsp3) is 0.400. The molecule has 0 aromatic carbocycles. The summed E-state index contributed by atoms with van der Waals surface area (Å²) in [6.45, 7) is 1.95. The third-order valence-electron chi connectivity index (χ3n) is 0.998. The standard InChI is InChI=1S/C5H8N2S2/c1-3-2-4(8)7-5(9)6-3/h2,4,8H,1H3,(H2,6,7,9)/t4-/m1/s1. The van der Waals surface area contributed by atoms with E-state index in [2.05, 4.69) is 23.3 Å². The molecule has 0 aromatic rings. The van der Waals surface area contributed by atoms with Crippen molar-refractivity contribution in [3.05, 3.63) is 11.8 Å². The Morgan fingerprint density at radius 2 is 2.44 bits per heavy atom.